The molecule has 1 fully saturated rings. The number of carbonyl (C=O) groups is 1. The highest BCUT2D eigenvalue weighted by atomic mass is 35.5. The first kappa shape index (κ1) is 20.4. The van der Waals surface area contributed by atoms with Crippen molar-refractivity contribution in [1.29, 1.82) is 0 Å². The van der Waals surface area contributed by atoms with Crippen molar-refractivity contribution in [2.75, 3.05) is 28.5 Å². The minimum atomic E-state index is -1.07. The quantitative estimate of drug-likeness (QED) is 0.644. The molecule has 4 rings (SSSR count). The summed E-state index contributed by atoms with van der Waals surface area (Å²) in [5.74, 6) is 1.05. The van der Waals surface area contributed by atoms with Crippen LogP contribution in [0.15, 0.2) is 42.5 Å². The number of rotatable bonds is 4. The van der Waals surface area contributed by atoms with E-state index in [4.69, 9.17) is 27.9 Å². The molecule has 1 amide bonds. The summed E-state index contributed by atoms with van der Waals surface area (Å²) in [7, 11) is 0. The van der Waals surface area contributed by atoms with Crippen LogP contribution in [0, 0.1) is 0 Å². The van der Waals surface area contributed by atoms with Crippen LogP contribution in [0.1, 0.15) is 35.2 Å². The Hall–Kier alpha value is -1.86. The first-order chi connectivity index (χ1) is 14.0. The molecule has 1 N–H and O–H groups in total. The number of hydrogen-bond acceptors (Lipinski definition) is 4. The van der Waals surface area contributed by atoms with E-state index in [1.165, 1.54) is 0 Å². The number of nitrogens with zero attached hydrogens (tertiary/aromatic N) is 1. The number of hydrogen-bond donors (Lipinski definition) is 1. The number of nitrogens with one attached hydrogen (secondary N) is 1. The van der Waals surface area contributed by atoms with Crippen molar-refractivity contribution >= 4 is 57.6 Å². The molecule has 152 valence electrons. The van der Waals surface area contributed by atoms with Crippen LogP contribution in [-0.2, 0) is 16.1 Å². The smallest absolute Gasteiger partial charge is 0.257 e. The molecule has 2 aromatic carbocycles. The zero-order chi connectivity index (χ0) is 20.4. The molecule has 0 saturated carbocycles. The van der Waals surface area contributed by atoms with Crippen molar-refractivity contribution in [2.24, 2.45) is 0 Å². The van der Waals surface area contributed by atoms with E-state index in [2.05, 4.69) is 5.32 Å². The van der Waals surface area contributed by atoms with Crippen LogP contribution in [-0.4, -0.2) is 29.4 Å². The lowest BCUT2D eigenvalue weighted by molar-refractivity contribution is 0.102. The summed E-state index contributed by atoms with van der Waals surface area (Å²) in [5, 5.41) is 3.69. The second-order valence-corrected chi connectivity index (χ2v) is 9.22. The van der Waals surface area contributed by atoms with Gasteiger partial charge in [-0.2, -0.15) is 4.31 Å². The SMILES string of the molecule is O=C(Nc1cc(Cl)cc(C2=CCCCO2)c1)c1cc(N2CCC[S+]2[O-])ccc1Cl. The van der Waals surface area contributed by atoms with Gasteiger partial charge in [0.2, 0.25) is 0 Å². The summed E-state index contributed by atoms with van der Waals surface area (Å²) in [6.07, 6.45) is 4.82. The molecule has 0 aliphatic carbocycles. The van der Waals surface area contributed by atoms with Gasteiger partial charge in [0.25, 0.3) is 5.91 Å². The molecular formula is C21H20Cl2N2O3S. The van der Waals surface area contributed by atoms with E-state index in [1.54, 1.807) is 28.6 Å². The topological polar surface area (TPSA) is 64.6 Å². The number of amides is 1. The van der Waals surface area contributed by atoms with Crippen LogP contribution in [0.4, 0.5) is 11.4 Å². The molecule has 2 heterocycles. The van der Waals surface area contributed by atoms with E-state index >= 15 is 0 Å². The normalized spacial score (nSPS) is 18.9. The Kier molecular flexibility index (Phi) is 6.25. The molecule has 2 aliphatic heterocycles. The highest BCUT2D eigenvalue weighted by Gasteiger charge is 2.28. The summed E-state index contributed by atoms with van der Waals surface area (Å²) >= 11 is 11.5. The largest absolute Gasteiger partial charge is 0.593 e. The van der Waals surface area contributed by atoms with Gasteiger partial charge in [-0.05, 0) is 55.3 Å². The summed E-state index contributed by atoms with van der Waals surface area (Å²) in [6.45, 7) is 1.36. The Bertz CT molecular complexity index is 967. The first-order valence-corrected chi connectivity index (χ1v) is 11.5. The highest BCUT2D eigenvalue weighted by Crippen LogP contribution is 2.30. The maximum absolute atomic E-state index is 12.9. The predicted octanol–water partition coefficient (Wildman–Crippen LogP) is 5.27. The first-order valence-electron chi connectivity index (χ1n) is 9.42. The maximum atomic E-state index is 12.9. The summed E-state index contributed by atoms with van der Waals surface area (Å²) < 4.78 is 19.6. The van der Waals surface area contributed by atoms with Crippen molar-refractivity contribution in [3.63, 3.8) is 0 Å². The number of benzene rings is 2. The van der Waals surface area contributed by atoms with Gasteiger partial charge in [-0.3, -0.25) is 4.79 Å². The minimum absolute atomic E-state index is 0.322. The van der Waals surface area contributed by atoms with Gasteiger partial charge in [-0.25, -0.2) is 0 Å². The van der Waals surface area contributed by atoms with Gasteiger partial charge in [-0.15, -0.1) is 0 Å². The molecule has 29 heavy (non-hydrogen) atoms. The van der Waals surface area contributed by atoms with Crippen molar-refractivity contribution in [3.05, 3.63) is 63.6 Å². The molecule has 8 heteroatoms. The van der Waals surface area contributed by atoms with Gasteiger partial charge < -0.3 is 14.6 Å². The number of allylic oxidation sites excluding steroid dienone is 1. The van der Waals surface area contributed by atoms with E-state index < -0.39 is 11.4 Å². The van der Waals surface area contributed by atoms with Crippen molar-refractivity contribution < 1.29 is 14.1 Å². The van der Waals surface area contributed by atoms with Crippen LogP contribution in [0.25, 0.3) is 5.76 Å². The van der Waals surface area contributed by atoms with Crippen molar-refractivity contribution in [1.82, 2.24) is 0 Å². The van der Waals surface area contributed by atoms with Gasteiger partial charge in [0.15, 0.2) is 0 Å². The molecule has 0 aromatic heterocycles. The summed E-state index contributed by atoms with van der Waals surface area (Å²) in [6, 6.07) is 10.4. The lowest BCUT2D eigenvalue weighted by Crippen LogP contribution is -2.25. The fourth-order valence-corrected chi connectivity index (χ4v) is 5.11. The second-order valence-electron chi connectivity index (χ2n) is 6.89. The fraction of sp³-hybridized carbons (Fsp3) is 0.286. The lowest BCUT2D eigenvalue weighted by atomic mass is 10.1. The average molecular weight is 451 g/mol. The number of anilines is 2. The Morgan fingerprint density at radius 2 is 2.03 bits per heavy atom. The van der Waals surface area contributed by atoms with Gasteiger partial charge >= 0.3 is 0 Å². The number of carbonyl (C=O) groups excluding carboxylic acids is 1. The van der Waals surface area contributed by atoms with Gasteiger partial charge in [0.05, 0.1) is 40.8 Å². The highest BCUT2D eigenvalue weighted by molar-refractivity contribution is 7.93. The molecule has 0 bridgehead atoms. The number of ether oxygens (including phenoxy) is 1. The molecule has 2 aliphatic rings. The summed E-state index contributed by atoms with van der Waals surface area (Å²) in [4.78, 5) is 12.9. The average Bonchev–Trinajstić information content (AvgIpc) is 3.14. The molecule has 0 radical (unpaired) electrons. The molecule has 1 atom stereocenters. The van der Waals surface area contributed by atoms with Gasteiger partial charge in [-0.1, -0.05) is 23.2 Å². The zero-order valence-electron chi connectivity index (χ0n) is 15.6. The molecular weight excluding hydrogens is 431 g/mol. The third-order valence-electron chi connectivity index (χ3n) is 4.78. The van der Waals surface area contributed by atoms with Crippen LogP contribution >= 0.6 is 23.2 Å². The predicted molar refractivity (Wildman–Crippen MR) is 119 cm³/mol. The van der Waals surface area contributed by atoms with Gasteiger partial charge in [0.1, 0.15) is 11.5 Å². The van der Waals surface area contributed by atoms with Gasteiger partial charge in [0, 0.05) is 22.7 Å². The lowest BCUT2D eigenvalue weighted by Gasteiger charge is -2.19. The Morgan fingerprint density at radius 3 is 2.76 bits per heavy atom. The Balaban J connectivity index is 1.58. The third-order valence-corrected chi connectivity index (χ3v) is 6.86. The third kappa shape index (κ3) is 4.67. The van der Waals surface area contributed by atoms with Crippen molar-refractivity contribution in [3.8, 4) is 0 Å². The summed E-state index contributed by atoms with van der Waals surface area (Å²) in [5.41, 5.74) is 2.42. The van der Waals surface area contributed by atoms with E-state index in [-0.39, 0.29) is 5.91 Å². The Morgan fingerprint density at radius 1 is 1.17 bits per heavy atom. The second kappa shape index (κ2) is 8.88. The van der Waals surface area contributed by atoms with Crippen LogP contribution < -0.4 is 9.62 Å². The van der Waals surface area contributed by atoms with E-state index in [0.717, 1.165) is 36.3 Å². The Labute approximate surface area is 182 Å². The number of halogens is 2. The molecule has 2 aromatic rings. The minimum Gasteiger partial charge on any atom is -0.593 e. The van der Waals surface area contributed by atoms with Crippen molar-refractivity contribution in [2.45, 2.75) is 19.3 Å². The monoisotopic (exact) mass is 450 g/mol. The van der Waals surface area contributed by atoms with E-state index in [9.17, 15) is 9.35 Å². The standard InChI is InChI=1S/C21H20Cl2N2O3S/c22-15-10-14(20-4-1-2-8-28-20)11-16(12-15)24-21(26)18-13-17(5-6-19(18)23)25-7-3-9-29(25)27/h4-6,10-13H,1-3,7-9H2,(H,24,26). The van der Waals surface area contributed by atoms with Crippen LogP contribution in [0.3, 0.4) is 0 Å². The maximum Gasteiger partial charge on any atom is 0.257 e. The van der Waals surface area contributed by atoms with Crippen LogP contribution in [0.5, 0.6) is 0 Å². The van der Waals surface area contributed by atoms with E-state index in [0.29, 0.717) is 40.2 Å². The molecule has 5 nitrogen and oxygen atoms in total. The molecule has 1 unspecified atom stereocenters. The van der Waals surface area contributed by atoms with Crippen LogP contribution in [0.2, 0.25) is 10.0 Å². The molecule has 0 spiro atoms. The zero-order valence-corrected chi connectivity index (χ0v) is 17.9. The van der Waals surface area contributed by atoms with E-state index in [1.807, 2.05) is 18.2 Å². The fourth-order valence-electron chi connectivity index (χ4n) is 3.39. The molecule has 1 saturated heterocycles.